The smallest absolute Gasteiger partial charge is 0.408 e. The topological polar surface area (TPSA) is 134 Å². The molecule has 2 fully saturated rings. The van der Waals surface area contributed by atoms with Gasteiger partial charge in [0, 0.05) is 18.3 Å². The lowest BCUT2D eigenvalue weighted by Crippen LogP contribution is -2.59. The van der Waals surface area contributed by atoms with E-state index in [1.807, 2.05) is 0 Å². The van der Waals surface area contributed by atoms with Gasteiger partial charge in [-0.2, -0.15) is 8.42 Å². The fourth-order valence-corrected chi connectivity index (χ4v) is 4.92. The van der Waals surface area contributed by atoms with E-state index in [1.54, 1.807) is 62.3 Å². The van der Waals surface area contributed by atoms with E-state index >= 15 is 0 Å². The van der Waals surface area contributed by atoms with E-state index in [1.165, 1.54) is 0 Å². The largest absolute Gasteiger partial charge is 0.460 e. The zero-order valence-corrected chi connectivity index (χ0v) is 21.9. The second-order valence-corrected chi connectivity index (χ2v) is 13.4. The zero-order chi connectivity index (χ0) is 25.8. The highest BCUT2D eigenvalue weighted by Gasteiger charge is 2.77. The zero-order valence-electron chi connectivity index (χ0n) is 21.1. The van der Waals surface area contributed by atoms with E-state index in [0.29, 0.717) is 0 Å². The van der Waals surface area contributed by atoms with Crippen LogP contribution in [0.3, 0.4) is 0 Å². The number of hydrogen-bond donors (Lipinski definition) is 1. The number of carbonyl (C=O) groups excluding carboxylic acids is 3. The molecule has 5 atom stereocenters. The number of amides is 1. The Balaban J connectivity index is 2.50. The highest BCUT2D eigenvalue weighted by molar-refractivity contribution is 7.86. The maximum atomic E-state index is 13.4. The Hall–Kier alpha value is -1.88. The van der Waals surface area contributed by atoms with E-state index in [9.17, 15) is 22.8 Å². The lowest BCUT2D eigenvalue weighted by Gasteiger charge is -2.35. The first-order chi connectivity index (χ1) is 14.5. The Kier molecular flexibility index (Phi) is 6.97. The molecule has 5 unspecified atom stereocenters. The van der Waals surface area contributed by atoms with Crippen molar-refractivity contribution in [1.29, 1.82) is 0 Å². The summed E-state index contributed by atoms with van der Waals surface area (Å²) >= 11 is 0. The summed E-state index contributed by atoms with van der Waals surface area (Å²) in [6, 6.07) is 0. The number of nitrogens with one attached hydrogen (secondary N) is 1. The van der Waals surface area contributed by atoms with Crippen molar-refractivity contribution in [2.75, 3.05) is 6.26 Å². The third-order valence-corrected chi connectivity index (χ3v) is 5.66. The predicted molar refractivity (Wildman–Crippen MR) is 119 cm³/mol. The fraction of sp³-hybridized carbons (Fsp3) is 0.864. The average molecular weight is 492 g/mol. The maximum absolute atomic E-state index is 13.4. The second kappa shape index (κ2) is 8.41. The van der Waals surface area contributed by atoms with Crippen molar-refractivity contribution in [3.8, 4) is 0 Å². The fourth-order valence-electron chi connectivity index (χ4n) is 4.28. The first-order valence-corrected chi connectivity index (χ1v) is 12.7. The van der Waals surface area contributed by atoms with E-state index < -0.39 is 74.3 Å². The number of carbonyl (C=O) groups is 3. The molecule has 0 aliphatic heterocycles. The molecule has 2 aliphatic rings. The molecule has 2 aliphatic carbocycles. The molecule has 0 heterocycles. The van der Waals surface area contributed by atoms with Gasteiger partial charge in [-0.1, -0.05) is 0 Å². The van der Waals surface area contributed by atoms with Crippen LogP contribution in [0.25, 0.3) is 0 Å². The van der Waals surface area contributed by atoms with Crippen LogP contribution >= 0.6 is 0 Å². The summed E-state index contributed by atoms with van der Waals surface area (Å²) in [6.07, 6.45) is -1.21. The van der Waals surface area contributed by atoms with Crippen LogP contribution in [-0.4, -0.2) is 61.2 Å². The van der Waals surface area contributed by atoms with E-state index in [0.717, 1.165) is 6.26 Å². The first kappa shape index (κ1) is 27.4. The Morgan fingerprint density at radius 3 is 1.76 bits per heavy atom. The number of hydrogen-bond acceptors (Lipinski definition) is 9. The van der Waals surface area contributed by atoms with Crippen molar-refractivity contribution < 1.29 is 41.2 Å². The van der Waals surface area contributed by atoms with Crippen LogP contribution in [0.15, 0.2) is 0 Å². The van der Waals surface area contributed by atoms with Crippen LogP contribution in [0.5, 0.6) is 0 Å². The first-order valence-electron chi connectivity index (χ1n) is 10.9. The van der Waals surface area contributed by atoms with Crippen molar-refractivity contribution in [2.45, 2.75) is 97.2 Å². The van der Waals surface area contributed by atoms with E-state index in [-0.39, 0.29) is 6.42 Å². The minimum atomic E-state index is -3.91. The molecule has 0 aromatic rings. The van der Waals surface area contributed by atoms with Crippen molar-refractivity contribution in [3.63, 3.8) is 0 Å². The summed E-state index contributed by atoms with van der Waals surface area (Å²) in [7, 11) is -3.91. The Morgan fingerprint density at radius 2 is 1.33 bits per heavy atom. The number of ether oxygens (including phenoxy) is 3. The molecule has 0 aromatic heterocycles. The summed E-state index contributed by atoms with van der Waals surface area (Å²) in [6.45, 7) is 15.1. The highest BCUT2D eigenvalue weighted by atomic mass is 32.2. The van der Waals surface area contributed by atoms with Gasteiger partial charge in [-0.3, -0.25) is 8.98 Å². The van der Waals surface area contributed by atoms with Crippen molar-refractivity contribution in [2.24, 2.45) is 17.8 Å². The number of esters is 2. The second-order valence-electron chi connectivity index (χ2n) is 11.8. The van der Waals surface area contributed by atoms with Crippen LogP contribution in [0.1, 0.15) is 68.7 Å². The molecule has 1 amide bonds. The van der Waals surface area contributed by atoms with Crippen molar-refractivity contribution in [1.82, 2.24) is 5.32 Å². The van der Waals surface area contributed by atoms with Gasteiger partial charge >= 0.3 is 18.0 Å². The minimum Gasteiger partial charge on any atom is -0.460 e. The van der Waals surface area contributed by atoms with Crippen molar-refractivity contribution in [3.05, 3.63) is 0 Å². The SMILES string of the molecule is CC(C)(C)OC(=O)NC1(C(=O)OC(C)(C)C)CC(OS(C)(=O)=O)C2C(C(=O)OC(C)(C)C)C21. The third-order valence-electron chi connectivity index (χ3n) is 5.06. The van der Waals surface area contributed by atoms with Crippen LogP contribution in [0, 0.1) is 17.8 Å². The molecule has 190 valence electrons. The van der Waals surface area contributed by atoms with Gasteiger partial charge in [0.2, 0.25) is 0 Å². The van der Waals surface area contributed by atoms with Gasteiger partial charge in [0.1, 0.15) is 22.3 Å². The molecule has 0 bridgehead atoms. The molecule has 0 spiro atoms. The molecule has 0 aromatic carbocycles. The number of rotatable bonds is 5. The van der Waals surface area contributed by atoms with Crippen LogP contribution < -0.4 is 5.32 Å². The van der Waals surface area contributed by atoms with Crippen molar-refractivity contribution >= 4 is 28.1 Å². The lowest BCUT2D eigenvalue weighted by atomic mass is 9.89. The monoisotopic (exact) mass is 491 g/mol. The van der Waals surface area contributed by atoms with Crippen LogP contribution in [0.2, 0.25) is 0 Å². The predicted octanol–water partition coefficient (Wildman–Crippen LogP) is 2.54. The maximum Gasteiger partial charge on any atom is 0.408 e. The summed E-state index contributed by atoms with van der Waals surface area (Å²) < 4.78 is 45.5. The molecule has 0 saturated heterocycles. The van der Waals surface area contributed by atoms with Gasteiger partial charge < -0.3 is 19.5 Å². The summed E-state index contributed by atoms with van der Waals surface area (Å²) in [5, 5.41) is 2.61. The molecule has 11 heteroatoms. The third kappa shape index (κ3) is 7.05. The lowest BCUT2D eigenvalue weighted by molar-refractivity contribution is -0.166. The van der Waals surface area contributed by atoms with Crippen LogP contribution in [0.4, 0.5) is 4.79 Å². The highest BCUT2D eigenvalue weighted by Crippen LogP contribution is 2.64. The number of fused-ring (bicyclic) bond motifs is 1. The molecule has 1 N–H and O–H groups in total. The summed E-state index contributed by atoms with van der Waals surface area (Å²) in [4.78, 5) is 39.1. The quantitative estimate of drug-likeness (QED) is 0.350. The molecule has 33 heavy (non-hydrogen) atoms. The molecular weight excluding hydrogens is 454 g/mol. The Labute approximate surface area is 196 Å². The van der Waals surface area contributed by atoms with Crippen LogP contribution in [-0.2, 0) is 38.1 Å². The van der Waals surface area contributed by atoms with Gasteiger partial charge in [-0.05, 0) is 62.3 Å². The van der Waals surface area contributed by atoms with Gasteiger partial charge in [0.05, 0.1) is 18.3 Å². The van der Waals surface area contributed by atoms with Gasteiger partial charge in [0.25, 0.3) is 10.1 Å². The molecule has 2 saturated carbocycles. The average Bonchev–Trinajstić information content (AvgIpc) is 3.16. The van der Waals surface area contributed by atoms with Gasteiger partial charge in [-0.15, -0.1) is 0 Å². The Morgan fingerprint density at radius 1 is 0.848 bits per heavy atom. The summed E-state index contributed by atoms with van der Waals surface area (Å²) in [5.74, 6) is -3.68. The molecule has 10 nitrogen and oxygen atoms in total. The van der Waals surface area contributed by atoms with E-state index in [2.05, 4.69) is 5.32 Å². The molecule has 2 rings (SSSR count). The number of alkyl carbamates (subject to hydrolysis) is 1. The van der Waals surface area contributed by atoms with Gasteiger partial charge in [0.15, 0.2) is 0 Å². The molecule has 0 radical (unpaired) electrons. The van der Waals surface area contributed by atoms with E-state index in [4.69, 9.17) is 18.4 Å². The normalized spacial score (nSPS) is 29.6. The minimum absolute atomic E-state index is 0.192. The summed E-state index contributed by atoms with van der Waals surface area (Å²) in [5.41, 5.74) is -4.28. The standard InChI is InChI=1S/C22H37NO9S/c1-19(2,3)29-16(24)14-13-12(32-33(10,27)28)11-22(15(13)14,17(25)30-20(4,5)6)23-18(26)31-21(7,8)9/h12-15H,11H2,1-10H3,(H,23,26). The molecular formula is C22H37NO9S. The Bertz CT molecular complexity index is 908. The van der Waals surface area contributed by atoms with Gasteiger partial charge in [-0.25, -0.2) is 9.59 Å².